The van der Waals surface area contributed by atoms with E-state index in [4.69, 9.17) is 9.40 Å². The highest BCUT2D eigenvalue weighted by atomic mass is 35.5. The molecule has 2 fully saturated rings. The number of para-hydroxylation sites is 1. The number of piperazine rings is 1. The van der Waals surface area contributed by atoms with Gasteiger partial charge < -0.3 is 15.1 Å². The fraction of sp³-hybridized carbons (Fsp3) is 0.440. The molecule has 7 heteroatoms. The van der Waals surface area contributed by atoms with Gasteiger partial charge >= 0.3 is 0 Å². The third-order valence-corrected chi connectivity index (χ3v) is 6.46. The molecule has 32 heavy (non-hydrogen) atoms. The monoisotopic (exact) mass is 454 g/mol. The Morgan fingerprint density at radius 1 is 1.09 bits per heavy atom. The van der Waals surface area contributed by atoms with Crippen LogP contribution in [0.25, 0.3) is 22.6 Å². The molecule has 1 aliphatic heterocycles. The highest BCUT2D eigenvalue weighted by Gasteiger charge is 2.22. The number of anilines is 1. The lowest BCUT2D eigenvalue weighted by Gasteiger charge is -2.27. The van der Waals surface area contributed by atoms with Gasteiger partial charge in [0.05, 0.1) is 11.3 Å². The Labute approximate surface area is 195 Å². The number of oxazole rings is 1. The van der Waals surface area contributed by atoms with Gasteiger partial charge in [-0.05, 0) is 42.7 Å². The fourth-order valence-corrected chi connectivity index (χ4v) is 4.69. The van der Waals surface area contributed by atoms with E-state index in [0.29, 0.717) is 5.89 Å². The molecule has 2 aliphatic rings. The smallest absolute Gasteiger partial charge is 0.229 e. The van der Waals surface area contributed by atoms with Gasteiger partial charge in [0.15, 0.2) is 5.58 Å². The zero-order valence-electron chi connectivity index (χ0n) is 18.3. The van der Waals surface area contributed by atoms with E-state index in [0.717, 1.165) is 80.8 Å². The number of halogens is 1. The maximum atomic E-state index is 12.8. The molecular formula is C25H31ClN4O2. The lowest BCUT2D eigenvalue weighted by Crippen LogP contribution is -2.42. The van der Waals surface area contributed by atoms with E-state index in [1.165, 1.54) is 12.0 Å². The van der Waals surface area contributed by atoms with Gasteiger partial charge in [0, 0.05) is 38.6 Å². The number of nitrogens with one attached hydrogen (secondary N) is 2. The predicted molar refractivity (Wildman–Crippen MR) is 130 cm³/mol. The first-order chi connectivity index (χ1) is 15.3. The van der Waals surface area contributed by atoms with Crippen LogP contribution in [-0.4, -0.2) is 42.0 Å². The molecule has 170 valence electrons. The predicted octanol–water partition coefficient (Wildman–Crippen LogP) is 4.84. The van der Waals surface area contributed by atoms with E-state index in [2.05, 4.69) is 27.7 Å². The van der Waals surface area contributed by atoms with E-state index in [1.807, 2.05) is 30.3 Å². The molecule has 1 saturated carbocycles. The molecule has 1 amide bonds. The lowest BCUT2D eigenvalue weighted by atomic mass is 9.88. The number of nitrogens with zero attached hydrogens (tertiary/aromatic N) is 2. The van der Waals surface area contributed by atoms with Crippen LogP contribution in [0.4, 0.5) is 5.69 Å². The Morgan fingerprint density at radius 3 is 2.69 bits per heavy atom. The van der Waals surface area contributed by atoms with Crippen molar-refractivity contribution in [3.8, 4) is 11.5 Å². The summed E-state index contributed by atoms with van der Waals surface area (Å²) in [6.07, 6.45) is 5.47. The lowest BCUT2D eigenvalue weighted by molar-refractivity contribution is -0.120. The molecular weight excluding hydrogens is 424 g/mol. The third-order valence-electron chi connectivity index (χ3n) is 6.46. The largest absolute Gasteiger partial charge is 0.436 e. The standard InChI is InChI=1S/C25H30N4O2.ClH/c30-24(19-6-2-1-3-7-19)27-21-9-5-4-8-20(21)25-28-22-11-10-18(16-23(22)31-25)17-29-14-12-26-13-15-29;/h4-5,8-11,16,19,26H,1-3,6-7,12-15,17H2,(H,27,30);1H. The van der Waals surface area contributed by atoms with E-state index < -0.39 is 0 Å². The average Bonchev–Trinajstić information content (AvgIpc) is 3.24. The summed E-state index contributed by atoms with van der Waals surface area (Å²) < 4.78 is 6.16. The number of fused-ring (bicyclic) bond motifs is 1. The van der Waals surface area contributed by atoms with Crippen LogP contribution in [0, 0.1) is 5.92 Å². The first-order valence-electron chi connectivity index (χ1n) is 11.5. The van der Waals surface area contributed by atoms with Gasteiger partial charge in [-0.15, -0.1) is 12.4 Å². The topological polar surface area (TPSA) is 70.4 Å². The van der Waals surface area contributed by atoms with Gasteiger partial charge in [-0.3, -0.25) is 9.69 Å². The van der Waals surface area contributed by atoms with Crippen molar-refractivity contribution in [2.45, 2.75) is 38.6 Å². The number of carbonyl (C=O) groups is 1. The molecule has 3 aromatic rings. The quantitative estimate of drug-likeness (QED) is 0.577. The van der Waals surface area contributed by atoms with Gasteiger partial charge in [-0.1, -0.05) is 37.5 Å². The molecule has 0 atom stereocenters. The number of amides is 1. The molecule has 2 N–H and O–H groups in total. The summed E-state index contributed by atoms with van der Waals surface area (Å²) in [5.74, 6) is 0.772. The second-order valence-corrected chi connectivity index (χ2v) is 8.72. The molecule has 1 saturated heterocycles. The Balaban J connectivity index is 0.00000245. The van der Waals surface area contributed by atoms with Crippen molar-refractivity contribution in [3.63, 3.8) is 0 Å². The Kier molecular flexibility index (Phi) is 7.45. The summed E-state index contributed by atoms with van der Waals surface area (Å²) in [4.78, 5) is 19.9. The summed E-state index contributed by atoms with van der Waals surface area (Å²) in [6.45, 7) is 5.12. The van der Waals surface area contributed by atoms with Crippen LogP contribution >= 0.6 is 12.4 Å². The van der Waals surface area contributed by atoms with Crippen LogP contribution in [-0.2, 0) is 11.3 Å². The molecule has 0 radical (unpaired) electrons. The zero-order valence-corrected chi connectivity index (χ0v) is 19.1. The minimum absolute atomic E-state index is 0. The molecule has 6 nitrogen and oxygen atoms in total. The summed E-state index contributed by atoms with van der Waals surface area (Å²) in [5.41, 5.74) is 4.46. The molecule has 2 heterocycles. The van der Waals surface area contributed by atoms with Crippen molar-refractivity contribution in [1.82, 2.24) is 15.2 Å². The van der Waals surface area contributed by atoms with Crippen LogP contribution in [0.15, 0.2) is 46.9 Å². The van der Waals surface area contributed by atoms with Crippen LogP contribution < -0.4 is 10.6 Å². The molecule has 0 unspecified atom stereocenters. The van der Waals surface area contributed by atoms with Gasteiger partial charge in [0.25, 0.3) is 0 Å². The van der Waals surface area contributed by atoms with Crippen LogP contribution in [0.2, 0.25) is 0 Å². The maximum Gasteiger partial charge on any atom is 0.229 e. The Hall–Kier alpha value is -2.41. The number of benzene rings is 2. The second kappa shape index (κ2) is 10.5. The highest BCUT2D eigenvalue weighted by molar-refractivity contribution is 5.96. The van der Waals surface area contributed by atoms with Crippen molar-refractivity contribution in [2.24, 2.45) is 5.92 Å². The number of aromatic nitrogens is 1. The highest BCUT2D eigenvalue weighted by Crippen LogP contribution is 2.32. The van der Waals surface area contributed by atoms with Crippen molar-refractivity contribution in [1.29, 1.82) is 0 Å². The van der Waals surface area contributed by atoms with Crippen LogP contribution in [0.5, 0.6) is 0 Å². The Morgan fingerprint density at radius 2 is 1.88 bits per heavy atom. The first kappa shape index (κ1) is 22.8. The summed E-state index contributed by atoms with van der Waals surface area (Å²) in [7, 11) is 0. The van der Waals surface area contributed by atoms with Crippen LogP contribution in [0.3, 0.4) is 0 Å². The van der Waals surface area contributed by atoms with Gasteiger partial charge in [-0.25, -0.2) is 4.98 Å². The average molecular weight is 455 g/mol. The van der Waals surface area contributed by atoms with Crippen LogP contribution in [0.1, 0.15) is 37.7 Å². The fourth-order valence-electron chi connectivity index (χ4n) is 4.69. The maximum absolute atomic E-state index is 12.8. The second-order valence-electron chi connectivity index (χ2n) is 8.72. The van der Waals surface area contributed by atoms with Crippen molar-refractivity contribution in [2.75, 3.05) is 31.5 Å². The summed E-state index contributed by atoms with van der Waals surface area (Å²) in [6, 6.07) is 14.0. The molecule has 0 spiro atoms. The van der Waals surface area contributed by atoms with E-state index in [9.17, 15) is 4.79 Å². The van der Waals surface area contributed by atoms with Crippen molar-refractivity contribution in [3.05, 3.63) is 48.0 Å². The van der Waals surface area contributed by atoms with Crippen molar-refractivity contribution < 1.29 is 9.21 Å². The number of hydrogen-bond acceptors (Lipinski definition) is 5. The van der Waals surface area contributed by atoms with E-state index >= 15 is 0 Å². The number of rotatable bonds is 5. The third kappa shape index (κ3) is 5.14. The summed E-state index contributed by atoms with van der Waals surface area (Å²) >= 11 is 0. The molecule has 0 bridgehead atoms. The number of hydrogen-bond donors (Lipinski definition) is 2. The minimum atomic E-state index is 0. The Bertz CT molecular complexity index is 1060. The van der Waals surface area contributed by atoms with Gasteiger partial charge in [0.1, 0.15) is 5.52 Å². The van der Waals surface area contributed by atoms with E-state index in [1.54, 1.807) is 0 Å². The molecule has 2 aromatic carbocycles. The number of carbonyl (C=O) groups excluding carboxylic acids is 1. The van der Waals surface area contributed by atoms with Gasteiger partial charge in [-0.2, -0.15) is 0 Å². The zero-order chi connectivity index (χ0) is 21.0. The first-order valence-corrected chi connectivity index (χ1v) is 11.5. The molecule has 1 aromatic heterocycles. The minimum Gasteiger partial charge on any atom is -0.436 e. The molecule has 5 rings (SSSR count). The van der Waals surface area contributed by atoms with Gasteiger partial charge in [0.2, 0.25) is 11.8 Å². The SMILES string of the molecule is Cl.O=C(Nc1ccccc1-c1nc2ccc(CN3CCNCC3)cc2o1)C1CCCCC1. The summed E-state index contributed by atoms with van der Waals surface area (Å²) in [5, 5.41) is 6.53. The normalized spacial score (nSPS) is 17.8. The van der Waals surface area contributed by atoms with E-state index in [-0.39, 0.29) is 24.2 Å². The van der Waals surface area contributed by atoms with Crippen molar-refractivity contribution >= 4 is 35.1 Å². The molecule has 1 aliphatic carbocycles.